The van der Waals surface area contributed by atoms with Crippen LogP contribution in [0.1, 0.15) is 52.8 Å². The van der Waals surface area contributed by atoms with E-state index in [4.69, 9.17) is 4.98 Å². The minimum absolute atomic E-state index is 0.234. The summed E-state index contributed by atoms with van der Waals surface area (Å²) < 4.78 is 2.31. The molecule has 3 rings (SSSR count). The molecule has 0 radical (unpaired) electrons. The fraction of sp³-hybridized carbons (Fsp3) is 0.632. The molecule has 0 spiro atoms. The minimum Gasteiger partial charge on any atom is -0.341 e. The second-order valence-corrected chi connectivity index (χ2v) is 8.33. The van der Waals surface area contributed by atoms with Crippen molar-refractivity contribution in [2.24, 2.45) is 11.3 Å². The molecule has 2 aromatic heterocycles. The fourth-order valence-electron chi connectivity index (χ4n) is 3.49. The third-order valence-corrected chi connectivity index (χ3v) is 4.61. The SMILES string of the molecule is CC(C)Cn1c(C2CCN(C(=O)C(C)(C)C)C2)nc2ccncc21. The lowest BCUT2D eigenvalue weighted by Gasteiger charge is -2.25. The van der Waals surface area contributed by atoms with E-state index in [1.807, 2.05) is 37.9 Å². The number of hydrogen-bond acceptors (Lipinski definition) is 3. The van der Waals surface area contributed by atoms with E-state index < -0.39 is 0 Å². The van der Waals surface area contributed by atoms with Crippen LogP contribution < -0.4 is 0 Å². The number of rotatable bonds is 3. The number of nitrogens with zero attached hydrogens (tertiary/aromatic N) is 4. The van der Waals surface area contributed by atoms with Gasteiger partial charge in [0.05, 0.1) is 17.2 Å². The average Bonchev–Trinajstić information content (AvgIpc) is 3.10. The highest BCUT2D eigenvalue weighted by atomic mass is 16.2. The van der Waals surface area contributed by atoms with E-state index in [0.717, 1.165) is 42.9 Å². The lowest BCUT2D eigenvalue weighted by atomic mass is 9.95. The second-order valence-electron chi connectivity index (χ2n) is 8.33. The van der Waals surface area contributed by atoms with Crippen molar-refractivity contribution >= 4 is 16.9 Å². The number of imidazole rings is 1. The van der Waals surface area contributed by atoms with Crippen LogP contribution in [0.3, 0.4) is 0 Å². The molecule has 0 aliphatic carbocycles. The van der Waals surface area contributed by atoms with Crippen molar-refractivity contribution in [3.05, 3.63) is 24.3 Å². The monoisotopic (exact) mass is 328 g/mol. The van der Waals surface area contributed by atoms with Crippen LogP contribution >= 0.6 is 0 Å². The molecule has 0 N–H and O–H groups in total. The van der Waals surface area contributed by atoms with Crippen LogP contribution in [-0.2, 0) is 11.3 Å². The zero-order valence-corrected chi connectivity index (χ0v) is 15.4. The first-order valence-electron chi connectivity index (χ1n) is 8.87. The minimum atomic E-state index is -0.323. The maximum atomic E-state index is 12.6. The molecule has 5 heteroatoms. The number of amides is 1. The molecular weight excluding hydrogens is 300 g/mol. The van der Waals surface area contributed by atoms with Crippen LogP contribution in [0.5, 0.6) is 0 Å². The van der Waals surface area contributed by atoms with E-state index in [2.05, 4.69) is 23.4 Å². The van der Waals surface area contributed by atoms with Crippen molar-refractivity contribution in [2.75, 3.05) is 13.1 Å². The van der Waals surface area contributed by atoms with E-state index in [9.17, 15) is 4.79 Å². The Kier molecular flexibility index (Phi) is 4.37. The summed E-state index contributed by atoms with van der Waals surface area (Å²) in [4.78, 5) is 23.7. The molecule has 2 aromatic rings. The van der Waals surface area contributed by atoms with Gasteiger partial charge in [-0.05, 0) is 18.4 Å². The van der Waals surface area contributed by atoms with Gasteiger partial charge in [-0.2, -0.15) is 0 Å². The van der Waals surface area contributed by atoms with Crippen LogP contribution in [0.15, 0.2) is 18.5 Å². The van der Waals surface area contributed by atoms with Crippen molar-refractivity contribution in [1.82, 2.24) is 19.4 Å². The highest BCUT2D eigenvalue weighted by molar-refractivity contribution is 5.82. The topological polar surface area (TPSA) is 51.0 Å². The molecule has 0 saturated carbocycles. The lowest BCUT2D eigenvalue weighted by molar-refractivity contribution is -0.138. The van der Waals surface area contributed by atoms with E-state index >= 15 is 0 Å². The van der Waals surface area contributed by atoms with Gasteiger partial charge in [-0.15, -0.1) is 0 Å². The molecule has 0 aromatic carbocycles. The van der Waals surface area contributed by atoms with Crippen molar-refractivity contribution in [2.45, 2.75) is 53.5 Å². The number of carbonyl (C=O) groups is 1. The number of likely N-dealkylation sites (tertiary alicyclic amines) is 1. The predicted octanol–water partition coefficient (Wildman–Crippen LogP) is 3.45. The largest absolute Gasteiger partial charge is 0.341 e. The van der Waals surface area contributed by atoms with Gasteiger partial charge in [0, 0.05) is 37.2 Å². The quantitative estimate of drug-likeness (QED) is 0.867. The summed E-state index contributed by atoms with van der Waals surface area (Å²) in [5.41, 5.74) is 1.78. The summed E-state index contributed by atoms with van der Waals surface area (Å²) in [5.74, 6) is 2.19. The van der Waals surface area contributed by atoms with Crippen LogP contribution in [0, 0.1) is 11.3 Å². The third kappa shape index (κ3) is 3.17. The smallest absolute Gasteiger partial charge is 0.227 e. The Bertz CT molecular complexity index is 741. The maximum absolute atomic E-state index is 12.6. The molecule has 1 fully saturated rings. The highest BCUT2D eigenvalue weighted by Gasteiger charge is 2.35. The molecule has 3 heterocycles. The molecule has 0 bridgehead atoms. The molecular formula is C19H28N4O. The van der Waals surface area contributed by atoms with Crippen molar-refractivity contribution in [1.29, 1.82) is 0 Å². The van der Waals surface area contributed by atoms with Crippen molar-refractivity contribution in [3.63, 3.8) is 0 Å². The number of aromatic nitrogens is 3. The Hall–Kier alpha value is -1.91. The maximum Gasteiger partial charge on any atom is 0.227 e. The van der Waals surface area contributed by atoms with Gasteiger partial charge in [0.15, 0.2) is 0 Å². The number of carbonyl (C=O) groups excluding carboxylic acids is 1. The Balaban J connectivity index is 1.91. The normalized spacial score (nSPS) is 18.8. The van der Waals surface area contributed by atoms with Crippen molar-refractivity contribution in [3.8, 4) is 0 Å². The van der Waals surface area contributed by atoms with Crippen LogP contribution in [0.2, 0.25) is 0 Å². The fourth-order valence-corrected chi connectivity index (χ4v) is 3.49. The average molecular weight is 328 g/mol. The van der Waals surface area contributed by atoms with Gasteiger partial charge >= 0.3 is 0 Å². The number of fused-ring (bicyclic) bond motifs is 1. The molecule has 5 nitrogen and oxygen atoms in total. The molecule has 130 valence electrons. The van der Waals surface area contributed by atoms with Crippen LogP contribution in [0.25, 0.3) is 11.0 Å². The zero-order chi connectivity index (χ0) is 17.5. The molecule has 1 unspecified atom stereocenters. The molecule has 24 heavy (non-hydrogen) atoms. The lowest BCUT2D eigenvalue weighted by Crippen LogP contribution is -2.37. The Morgan fingerprint density at radius 2 is 2.12 bits per heavy atom. The van der Waals surface area contributed by atoms with Crippen LogP contribution in [0.4, 0.5) is 0 Å². The van der Waals surface area contributed by atoms with Gasteiger partial charge in [0.25, 0.3) is 0 Å². The van der Waals surface area contributed by atoms with Gasteiger partial charge in [-0.25, -0.2) is 4.98 Å². The standard InChI is InChI=1S/C19H28N4O/c1-13(2)11-23-16-10-20-8-6-15(16)21-17(23)14-7-9-22(12-14)18(24)19(3,4)5/h6,8,10,13-14H,7,9,11-12H2,1-5H3. The predicted molar refractivity (Wildman–Crippen MR) is 95.8 cm³/mol. The summed E-state index contributed by atoms with van der Waals surface area (Å²) in [5, 5.41) is 0. The van der Waals surface area contributed by atoms with E-state index in [0.29, 0.717) is 11.8 Å². The number of pyridine rings is 1. The number of hydrogen-bond donors (Lipinski definition) is 0. The van der Waals surface area contributed by atoms with Gasteiger partial charge in [-0.3, -0.25) is 9.78 Å². The van der Waals surface area contributed by atoms with E-state index in [-0.39, 0.29) is 11.3 Å². The van der Waals surface area contributed by atoms with Gasteiger partial charge in [0.1, 0.15) is 5.82 Å². The van der Waals surface area contributed by atoms with Crippen molar-refractivity contribution < 1.29 is 4.79 Å². The summed E-state index contributed by atoms with van der Waals surface area (Å²) in [6, 6.07) is 1.97. The molecule has 1 saturated heterocycles. The van der Waals surface area contributed by atoms with E-state index in [1.54, 1.807) is 6.20 Å². The Morgan fingerprint density at radius 1 is 1.38 bits per heavy atom. The summed E-state index contributed by atoms with van der Waals surface area (Å²) >= 11 is 0. The Morgan fingerprint density at radius 3 is 2.79 bits per heavy atom. The molecule has 1 aliphatic rings. The van der Waals surface area contributed by atoms with Gasteiger partial charge in [0.2, 0.25) is 5.91 Å². The molecule has 1 atom stereocenters. The summed E-state index contributed by atoms with van der Waals surface area (Å²) in [7, 11) is 0. The summed E-state index contributed by atoms with van der Waals surface area (Å²) in [6.07, 6.45) is 4.68. The first-order chi connectivity index (χ1) is 11.3. The second kappa shape index (κ2) is 6.19. The van der Waals surface area contributed by atoms with E-state index in [1.165, 1.54) is 0 Å². The zero-order valence-electron chi connectivity index (χ0n) is 15.4. The van der Waals surface area contributed by atoms with Crippen LogP contribution in [-0.4, -0.2) is 38.4 Å². The third-order valence-electron chi connectivity index (χ3n) is 4.61. The highest BCUT2D eigenvalue weighted by Crippen LogP contribution is 2.32. The summed E-state index contributed by atoms with van der Waals surface area (Å²) in [6.45, 7) is 12.9. The molecule has 1 aliphatic heterocycles. The Labute approximate surface area is 144 Å². The first kappa shape index (κ1) is 16.9. The van der Waals surface area contributed by atoms with Gasteiger partial charge in [-0.1, -0.05) is 34.6 Å². The molecule has 1 amide bonds. The van der Waals surface area contributed by atoms with Gasteiger partial charge < -0.3 is 9.47 Å². The first-order valence-corrected chi connectivity index (χ1v) is 8.87.